The number of carbonyl (C=O) groups is 1. The molecule has 0 fully saturated rings. The van der Waals surface area contributed by atoms with E-state index in [1.54, 1.807) is 0 Å². The van der Waals surface area contributed by atoms with Crippen molar-refractivity contribution in [3.05, 3.63) is 64.7 Å². The first-order valence-electron chi connectivity index (χ1n) is 12.2. The maximum absolute atomic E-state index is 12.5. The zero-order valence-corrected chi connectivity index (χ0v) is 23.7. The number of rotatable bonds is 6. The van der Waals surface area contributed by atoms with E-state index in [1.807, 2.05) is 88.9 Å². The highest BCUT2D eigenvalue weighted by molar-refractivity contribution is 7.22. The molecule has 1 atom stereocenters. The molecule has 2 heterocycles. The first-order chi connectivity index (χ1) is 18.0. The number of ether oxygens (including phenoxy) is 1. The lowest BCUT2D eigenvalue weighted by atomic mass is 9.91. The normalized spacial score (nSPS) is 12.8. The summed E-state index contributed by atoms with van der Waals surface area (Å²) in [5.41, 5.74) is 5.20. The van der Waals surface area contributed by atoms with Crippen LogP contribution in [0.5, 0.6) is 0 Å². The van der Waals surface area contributed by atoms with Crippen molar-refractivity contribution in [2.24, 2.45) is 7.05 Å². The Balaban J connectivity index is 1.78. The van der Waals surface area contributed by atoms with E-state index in [-0.39, 0.29) is 0 Å². The van der Waals surface area contributed by atoms with Gasteiger partial charge in [-0.25, -0.2) is 9.78 Å². The molecule has 0 aliphatic heterocycles. The number of hydrogen-bond donors (Lipinski definition) is 2. The first kappa shape index (κ1) is 26.2. The first-order valence-corrected chi connectivity index (χ1v) is 13.4. The molecule has 0 saturated carbocycles. The van der Waals surface area contributed by atoms with Gasteiger partial charge in [-0.3, -0.25) is 4.68 Å². The standard InChI is InChI=1S/C29H29ClN4O3S/c1-15-13-20-25(38-27(32-20)17-9-12-21-19(14-17)26(31-5)33-34(21)6)23(16-7-10-18(30)11-8-16)22(15)24(28(35)36)37-29(2,3)4/h7-14,24H,1-6H3,(H,31,33)(H,35,36). The monoisotopic (exact) mass is 548 g/mol. The predicted octanol–water partition coefficient (Wildman–Crippen LogP) is 7.46. The molecule has 0 radical (unpaired) electrons. The summed E-state index contributed by atoms with van der Waals surface area (Å²) >= 11 is 7.74. The predicted molar refractivity (Wildman–Crippen MR) is 155 cm³/mol. The molecule has 7 nitrogen and oxygen atoms in total. The molecule has 0 bridgehead atoms. The van der Waals surface area contributed by atoms with Crippen LogP contribution in [0.4, 0.5) is 5.82 Å². The Bertz CT molecular complexity index is 1680. The summed E-state index contributed by atoms with van der Waals surface area (Å²) in [7, 11) is 3.77. The number of aromatic nitrogens is 3. The number of aliphatic carboxylic acids is 1. The molecule has 0 spiro atoms. The summed E-state index contributed by atoms with van der Waals surface area (Å²) in [6, 6.07) is 15.6. The van der Waals surface area contributed by atoms with Gasteiger partial charge in [0, 0.05) is 41.2 Å². The molecule has 5 aromatic rings. The van der Waals surface area contributed by atoms with Crippen LogP contribution in [0.1, 0.15) is 38.0 Å². The molecular weight excluding hydrogens is 520 g/mol. The average Bonchev–Trinajstić information content (AvgIpc) is 3.42. The Morgan fingerprint density at radius 1 is 1.13 bits per heavy atom. The fraction of sp³-hybridized carbons (Fsp3) is 0.276. The van der Waals surface area contributed by atoms with E-state index in [1.165, 1.54) is 11.3 Å². The Morgan fingerprint density at radius 3 is 2.45 bits per heavy atom. The van der Waals surface area contributed by atoms with Gasteiger partial charge in [0.1, 0.15) is 5.01 Å². The van der Waals surface area contributed by atoms with Crippen LogP contribution in [0, 0.1) is 6.92 Å². The third-order valence-electron chi connectivity index (χ3n) is 6.35. The van der Waals surface area contributed by atoms with Crippen LogP contribution in [0.2, 0.25) is 5.02 Å². The topological polar surface area (TPSA) is 89.3 Å². The molecule has 38 heavy (non-hydrogen) atoms. The number of carboxylic acid groups (broad SMARTS) is 1. The van der Waals surface area contributed by atoms with Crippen LogP contribution in [0.15, 0.2) is 48.5 Å². The van der Waals surface area contributed by atoms with Gasteiger partial charge in [-0.15, -0.1) is 11.3 Å². The van der Waals surface area contributed by atoms with Crippen LogP contribution in [0.25, 0.3) is 42.8 Å². The van der Waals surface area contributed by atoms with Gasteiger partial charge in [0.2, 0.25) is 0 Å². The van der Waals surface area contributed by atoms with Crippen molar-refractivity contribution < 1.29 is 14.6 Å². The lowest BCUT2D eigenvalue weighted by Gasteiger charge is -2.28. The summed E-state index contributed by atoms with van der Waals surface area (Å²) < 4.78 is 8.85. The van der Waals surface area contributed by atoms with E-state index < -0.39 is 17.7 Å². The lowest BCUT2D eigenvalue weighted by Crippen LogP contribution is -2.28. The Morgan fingerprint density at radius 2 is 1.82 bits per heavy atom. The highest BCUT2D eigenvalue weighted by Gasteiger charge is 2.32. The minimum Gasteiger partial charge on any atom is -0.479 e. The largest absolute Gasteiger partial charge is 0.479 e. The van der Waals surface area contributed by atoms with Gasteiger partial charge in [-0.05, 0) is 75.2 Å². The summed E-state index contributed by atoms with van der Waals surface area (Å²) in [5, 5.41) is 20.4. The molecule has 0 aliphatic carbocycles. The number of nitrogens with zero attached hydrogens (tertiary/aromatic N) is 3. The zero-order chi connectivity index (χ0) is 27.4. The SMILES string of the molecule is CNc1nn(C)c2ccc(-c3nc4cc(C)c(C(OC(C)(C)C)C(=O)O)c(-c5ccc(Cl)cc5)c4s3)cc12. The number of thiazole rings is 1. The number of anilines is 1. The van der Waals surface area contributed by atoms with E-state index in [2.05, 4.69) is 16.5 Å². The van der Waals surface area contributed by atoms with Crippen LogP contribution >= 0.6 is 22.9 Å². The number of fused-ring (bicyclic) bond motifs is 2. The van der Waals surface area contributed by atoms with Crippen LogP contribution in [-0.2, 0) is 16.6 Å². The summed E-state index contributed by atoms with van der Waals surface area (Å²) in [4.78, 5) is 17.5. The van der Waals surface area contributed by atoms with Crippen molar-refractivity contribution in [3.8, 4) is 21.7 Å². The molecule has 196 valence electrons. The molecule has 2 aromatic heterocycles. The fourth-order valence-electron chi connectivity index (χ4n) is 4.75. The molecule has 1 unspecified atom stereocenters. The third kappa shape index (κ3) is 4.75. The van der Waals surface area contributed by atoms with Gasteiger partial charge in [-0.1, -0.05) is 23.7 Å². The molecule has 0 saturated heterocycles. The molecular formula is C29H29ClN4O3S. The highest BCUT2D eigenvalue weighted by atomic mass is 35.5. The van der Waals surface area contributed by atoms with Gasteiger partial charge >= 0.3 is 5.97 Å². The smallest absolute Gasteiger partial charge is 0.337 e. The van der Waals surface area contributed by atoms with Crippen molar-refractivity contribution in [2.45, 2.75) is 39.4 Å². The fourth-order valence-corrected chi connectivity index (χ4v) is 5.99. The van der Waals surface area contributed by atoms with Crippen molar-refractivity contribution in [1.82, 2.24) is 14.8 Å². The van der Waals surface area contributed by atoms with Gasteiger partial charge in [0.05, 0.1) is 21.3 Å². The van der Waals surface area contributed by atoms with Crippen LogP contribution in [0.3, 0.4) is 0 Å². The van der Waals surface area contributed by atoms with Crippen molar-refractivity contribution in [1.29, 1.82) is 0 Å². The van der Waals surface area contributed by atoms with Gasteiger partial charge in [0.15, 0.2) is 11.9 Å². The molecule has 3 aromatic carbocycles. The number of aryl methyl sites for hydroxylation is 2. The van der Waals surface area contributed by atoms with Crippen molar-refractivity contribution in [2.75, 3.05) is 12.4 Å². The molecule has 9 heteroatoms. The molecule has 2 N–H and O–H groups in total. The van der Waals surface area contributed by atoms with Crippen molar-refractivity contribution >= 4 is 55.8 Å². The number of hydrogen-bond acceptors (Lipinski definition) is 6. The second-order valence-electron chi connectivity index (χ2n) is 10.3. The van der Waals surface area contributed by atoms with E-state index in [0.717, 1.165) is 54.2 Å². The second kappa shape index (κ2) is 9.69. The van der Waals surface area contributed by atoms with Gasteiger partial charge < -0.3 is 15.2 Å². The molecule has 0 amide bonds. The lowest BCUT2D eigenvalue weighted by molar-refractivity contribution is -0.160. The Kier molecular flexibility index (Phi) is 6.67. The number of nitrogens with one attached hydrogen (secondary N) is 1. The maximum Gasteiger partial charge on any atom is 0.337 e. The highest BCUT2D eigenvalue weighted by Crippen LogP contribution is 2.44. The van der Waals surface area contributed by atoms with Gasteiger partial charge in [-0.2, -0.15) is 5.10 Å². The Labute approximate surface area is 230 Å². The molecule has 0 aliphatic rings. The van der Waals surface area contributed by atoms with E-state index >= 15 is 0 Å². The number of carboxylic acids is 1. The minimum atomic E-state index is -1.15. The second-order valence-corrected chi connectivity index (χ2v) is 11.7. The summed E-state index contributed by atoms with van der Waals surface area (Å²) in [6.07, 6.45) is -1.15. The zero-order valence-electron chi connectivity index (χ0n) is 22.1. The van der Waals surface area contributed by atoms with Crippen LogP contribution < -0.4 is 5.32 Å². The van der Waals surface area contributed by atoms with E-state index in [9.17, 15) is 9.90 Å². The summed E-state index contributed by atoms with van der Waals surface area (Å²) in [5.74, 6) is -0.238. The number of benzene rings is 3. The van der Waals surface area contributed by atoms with Crippen LogP contribution in [-0.4, -0.2) is 38.5 Å². The Hall–Kier alpha value is -3.46. The molecule has 5 rings (SSSR count). The quantitative estimate of drug-likeness (QED) is 0.229. The van der Waals surface area contributed by atoms with E-state index in [4.69, 9.17) is 21.3 Å². The van der Waals surface area contributed by atoms with E-state index in [0.29, 0.717) is 10.6 Å². The maximum atomic E-state index is 12.5. The average molecular weight is 549 g/mol. The summed E-state index contributed by atoms with van der Waals surface area (Å²) in [6.45, 7) is 7.49. The van der Waals surface area contributed by atoms with Gasteiger partial charge in [0.25, 0.3) is 0 Å². The minimum absolute atomic E-state index is 0.607. The third-order valence-corrected chi connectivity index (χ3v) is 7.74. The van der Waals surface area contributed by atoms with Crippen molar-refractivity contribution in [3.63, 3.8) is 0 Å². The number of halogens is 1.